The predicted molar refractivity (Wildman–Crippen MR) is 102 cm³/mol. The van der Waals surface area contributed by atoms with Crippen LogP contribution in [-0.4, -0.2) is 61.3 Å². The Balaban J connectivity index is 1.36. The molecule has 0 radical (unpaired) electrons. The van der Waals surface area contributed by atoms with E-state index < -0.39 is 0 Å². The molecule has 3 atom stereocenters. The average Bonchev–Trinajstić information content (AvgIpc) is 3.29. The molecule has 25 heavy (non-hydrogen) atoms. The van der Waals surface area contributed by atoms with Gasteiger partial charge in [0.15, 0.2) is 5.96 Å². The van der Waals surface area contributed by atoms with Crippen molar-refractivity contribution < 1.29 is 4.74 Å². The highest BCUT2D eigenvalue weighted by molar-refractivity contribution is 5.80. The maximum Gasteiger partial charge on any atom is 0.191 e. The quantitative estimate of drug-likeness (QED) is 0.606. The molecule has 1 saturated carbocycles. The molecule has 3 unspecified atom stereocenters. The average molecular weight is 349 g/mol. The monoisotopic (exact) mass is 348 g/mol. The van der Waals surface area contributed by atoms with Crippen molar-refractivity contribution in [3.8, 4) is 0 Å². The van der Waals surface area contributed by atoms with E-state index in [1.807, 2.05) is 7.05 Å². The molecule has 0 aromatic carbocycles. The van der Waals surface area contributed by atoms with Crippen LogP contribution in [-0.2, 0) is 4.74 Å². The van der Waals surface area contributed by atoms with Crippen LogP contribution in [0.2, 0.25) is 0 Å². The number of ether oxygens (including phenoxy) is 1. The van der Waals surface area contributed by atoms with Gasteiger partial charge >= 0.3 is 0 Å². The van der Waals surface area contributed by atoms with Crippen LogP contribution in [0.15, 0.2) is 4.99 Å². The van der Waals surface area contributed by atoms with Crippen LogP contribution in [0.25, 0.3) is 0 Å². The zero-order valence-corrected chi connectivity index (χ0v) is 15.9. The second-order valence-corrected chi connectivity index (χ2v) is 8.62. The zero-order valence-electron chi connectivity index (χ0n) is 15.9. The van der Waals surface area contributed by atoms with Gasteiger partial charge in [0.1, 0.15) is 0 Å². The normalized spacial score (nSPS) is 35.7. The Labute approximate surface area is 153 Å². The first-order chi connectivity index (χ1) is 12.3. The molecule has 3 saturated heterocycles. The van der Waals surface area contributed by atoms with Gasteiger partial charge < -0.3 is 15.4 Å². The Bertz CT molecular complexity index is 468. The van der Waals surface area contributed by atoms with Crippen molar-refractivity contribution in [2.24, 2.45) is 4.99 Å². The minimum absolute atomic E-state index is 0.349. The third-order valence-electron chi connectivity index (χ3n) is 7.05. The van der Waals surface area contributed by atoms with Crippen molar-refractivity contribution in [2.75, 3.05) is 26.7 Å². The highest BCUT2D eigenvalue weighted by atomic mass is 16.5. The Morgan fingerprint density at radius 3 is 2.48 bits per heavy atom. The van der Waals surface area contributed by atoms with E-state index in [2.05, 4.69) is 20.5 Å². The minimum atomic E-state index is 0.349. The van der Waals surface area contributed by atoms with Crippen LogP contribution in [0.1, 0.15) is 70.6 Å². The summed E-state index contributed by atoms with van der Waals surface area (Å²) >= 11 is 0. The third-order valence-corrected chi connectivity index (χ3v) is 7.05. The number of piperidine rings is 1. The number of hydrogen-bond acceptors (Lipinski definition) is 3. The molecule has 4 fully saturated rings. The summed E-state index contributed by atoms with van der Waals surface area (Å²) in [6.07, 6.45) is 15.5. The van der Waals surface area contributed by atoms with Gasteiger partial charge in [-0.25, -0.2) is 0 Å². The number of fused-ring (bicyclic) bond motifs is 2. The van der Waals surface area contributed by atoms with Crippen LogP contribution in [0.4, 0.5) is 0 Å². The fourth-order valence-corrected chi connectivity index (χ4v) is 5.59. The van der Waals surface area contributed by atoms with Crippen molar-refractivity contribution in [2.45, 2.75) is 94.4 Å². The summed E-state index contributed by atoms with van der Waals surface area (Å²) in [5.74, 6) is 0.975. The predicted octanol–water partition coefficient (Wildman–Crippen LogP) is 2.66. The standard InChI is InChI=1S/C20H36N4O/c1-21-19(23-17-14-16-8-9-18(17)25-16)22-15-20(10-4-2-5-11-20)24-12-6-3-7-13-24/h16-18H,2-15H2,1H3,(H2,21,22,23). The molecule has 0 amide bonds. The number of likely N-dealkylation sites (tertiary alicyclic amines) is 1. The molecular formula is C20H36N4O. The number of aliphatic imine (C=N–C) groups is 1. The van der Waals surface area contributed by atoms with E-state index in [1.165, 1.54) is 77.3 Å². The van der Waals surface area contributed by atoms with E-state index in [0.29, 0.717) is 23.8 Å². The highest BCUT2D eigenvalue weighted by Crippen LogP contribution is 2.36. The lowest BCUT2D eigenvalue weighted by atomic mass is 9.79. The maximum absolute atomic E-state index is 5.99. The number of guanidine groups is 1. The first kappa shape index (κ1) is 17.6. The zero-order chi connectivity index (χ0) is 17.1. The fraction of sp³-hybridized carbons (Fsp3) is 0.950. The number of rotatable bonds is 4. The lowest BCUT2D eigenvalue weighted by Gasteiger charge is -2.48. The van der Waals surface area contributed by atoms with Crippen molar-refractivity contribution in [3.63, 3.8) is 0 Å². The van der Waals surface area contributed by atoms with Gasteiger partial charge in [-0.3, -0.25) is 9.89 Å². The van der Waals surface area contributed by atoms with Gasteiger partial charge in [0, 0.05) is 19.1 Å². The Hall–Kier alpha value is -0.810. The molecule has 1 aliphatic carbocycles. The van der Waals surface area contributed by atoms with Crippen molar-refractivity contribution in [1.29, 1.82) is 0 Å². The van der Waals surface area contributed by atoms with Gasteiger partial charge in [-0.15, -0.1) is 0 Å². The number of nitrogens with zero attached hydrogens (tertiary/aromatic N) is 2. The lowest BCUT2D eigenvalue weighted by Crippen LogP contribution is -2.60. The molecule has 0 aromatic rings. The Kier molecular flexibility index (Phi) is 5.51. The molecule has 142 valence electrons. The third kappa shape index (κ3) is 3.82. The smallest absolute Gasteiger partial charge is 0.191 e. The summed E-state index contributed by atoms with van der Waals surface area (Å²) < 4.78 is 5.99. The van der Waals surface area contributed by atoms with Gasteiger partial charge in [-0.05, 0) is 58.0 Å². The highest BCUT2D eigenvalue weighted by Gasteiger charge is 2.42. The van der Waals surface area contributed by atoms with Gasteiger partial charge in [-0.2, -0.15) is 0 Å². The van der Waals surface area contributed by atoms with E-state index in [0.717, 1.165) is 18.9 Å². The van der Waals surface area contributed by atoms with E-state index in [9.17, 15) is 0 Å². The first-order valence-corrected chi connectivity index (χ1v) is 10.7. The van der Waals surface area contributed by atoms with Crippen LogP contribution in [0.3, 0.4) is 0 Å². The molecule has 2 bridgehead atoms. The first-order valence-electron chi connectivity index (χ1n) is 10.7. The molecule has 2 N–H and O–H groups in total. The number of hydrogen-bond donors (Lipinski definition) is 2. The van der Waals surface area contributed by atoms with Crippen LogP contribution in [0.5, 0.6) is 0 Å². The van der Waals surface area contributed by atoms with Gasteiger partial charge in [-0.1, -0.05) is 25.7 Å². The summed E-state index contributed by atoms with van der Waals surface area (Å²) in [7, 11) is 1.90. The van der Waals surface area contributed by atoms with Gasteiger partial charge in [0.05, 0.1) is 18.2 Å². The molecule has 3 heterocycles. The molecule has 4 rings (SSSR count). The van der Waals surface area contributed by atoms with Crippen LogP contribution in [0, 0.1) is 0 Å². The molecule has 5 nitrogen and oxygen atoms in total. The summed E-state index contributed by atoms with van der Waals surface area (Å²) in [5.41, 5.74) is 0.349. The molecular weight excluding hydrogens is 312 g/mol. The van der Waals surface area contributed by atoms with Crippen molar-refractivity contribution in [1.82, 2.24) is 15.5 Å². The SMILES string of the molecule is CN=C(NCC1(N2CCCCC2)CCCCC1)NC1CC2CCC1O2. The molecule has 3 aliphatic heterocycles. The topological polar surface area (TPSA) is 48.9 Å². The second kappa shape index (κ2) is 7.83. The number of nitrogens with one attached hydrogen (secondary N) is 2. The summed E-state index contributed by atoms with van der Waals surface area (Å²) in [6.45, 7) is 3.61. The summed E-state index contributed by atoms with van der Waals surface area (Å²) in [4.78, 5) is 7.32. The molecule has 0 aromatic heterocycles. The fourth-order valence-electron chi connectivity index (χ4n) is 5.59. The van der Waals surface area contributed by atoms with E-state index in [-0.39, 0.29) is 0 Å². The van der Waals surface area contributed by atoms with E-state index >= 15 is 0 Å². The minimum Gasteiger partial charge on any atom is -0.373 e. The Morgan fingerprint density at radius 1 is 1.08 bits per heavy atom. The van der Waals surface area contributed by atoms with Crippen LogP contribution >= 0.6 is 0 Å². The second-order valence-electron chi connectivity index (χ2n) is 8.62. The summed E-state index contributed by atoms with van der Waals surface area (Å²) in [6, 6.07) is 0.447. The molecule has 4 aliphatic rings. The van der Waals surface area contributed by atoms with Gasteiger partial charge in [0.25, 0.3) is 0 Å². The largest absolute Gasteiger partial charge is 0.373 e. The lowest BCUT2D eigenvalue weighted by molar-refractivity contribution is 0.0367. The van der Waals surface area contributed by atoms with E-state index in [1.54, 1.807) is 0 Å². The van der Waals surface area contributed by atoms with Crippen LogP contribution < -0.4 is 10.6 Å². The molecule has 0 spiro atoms. The van der Waals surface area contributed by atoms with Gasteiger partial charge in [0.2, 0.25) is 0 Å². The van der Waals surface area contributed by atoms with Crippen molar-refractivity contribution in [3.05, 3.63) is 0 Å². The molecule has 5 heteroatoms. The Morgan fingerprint density at radius 2 is 1.84 bits per heavy atom. The summed E-state index contributed by atoms with van der Waals surface area (Å²) in [5, 5.41) is 7.36. The maximum atomic E-state index is 5.99. The van der Waals surface area contributed by atoms with Crippen molar-refractivity contribution >= 4 is 5.96 Å². The van der Waals surface area contributed by atoms with E-state index in [4.69, 9.17) is 4.74 Å².